The third-order valence-electron chi connectivity index (χ3n) is 2.45. The molecule has 0 saturated carbocycles. The van der Waals surface area contributed by atoms with Gasteiger partial charge in [0, 0.05) is 20.0 Å². The van der Waals surface area contributed by atoms with Gasteiger partial charge in [0.1, 0.15) is 13.1 Å². The Morgan fingerprint density at radius 2 is 2.06 bits per heavy atom. The van der Waals surface area contributed by atoms with Crippen LogP contribution in [-0.4, -0.2) is 65.4 Å². The molecule has 0 aromatic heterocycles. The van der Waals surface area contributed by atoms with Crippen molar-refractivity contribution in [3.05, 3.63) is 0 Å². The Morgan fingerprint density at radius 3 is 2.56 bits per heavy atom. The molecule has 0 aromatic rings. The Hall–Kier alpha value is -2.12. The van der Waals surface area contributed by atoms with Crippen LogP contribution in [0.1, 0.15) is 12.8 Å². The van der Waals surface area contributed by atoms with Gasteiger partial charge >= 0.3 is 12.0 Å². The third-order valence-corrected chi connectivity index (χ3v) is 2.45. The summed E-state index contributed by atoms with van der Waals surface area (Å²) in [7, 11) is 1.53. The van der Waals surface area contributed by atoms with Crippen LogP contribution in [0.3, 0.4) is 0 Å². The van der Waals surface area contributed by atoms with Crippen molar-refractivity contribution in [2.24, 2.45) is 0 Å². The lowest BCUT2D eigenvalue weighted by atomic mass is 10.3. The molecule has 1 aliphatic rings. The number of aliphatic carboxylic acids is 1. The van der Waals surface area contributed by atoms with E-state index in [1.54, 1.807) is 0 Å². The van der Waals surface area contributed by atoms with Crippen LogP contribution < -0.4 is 5.32 Å². The highest BCUT2D eigenvalue weighted by Crippen LogP contribution is 2.08. The Kier molecular flexibility index (Phi) is 4.64. The largest absolute Gasteiger partial charge is 0.480 e. The number of carbonyl (C=O) groups is 4. The zero-order valence-corrected chi connectivity index (χ0v) is 10.0. The van der Waals surface area contributed by atoms with Crippen LogP contribution in [0.2, 0.25) is 0 Å². The quantitative estimate of drug-likeness (QED) is 0.585. The van der Waals surface area contributed by atoms with Gasteiger partial charge in [0.15, 0.2) is 0 Å². The van der Waals surface area contributed by atoms with Gasteiger partial charge < -0.3 is 15.3 Å². The summed E-state index contributed by atoms with van der Waals surface area (Å²) < 4.78 is 0. The zero-order valence-electron chi connectivity index (χ0n) is 10.0. The maximum absolute atomic E-state index is 11.5. The van der Waals surface area contributed by atoms with Crippen molar-refractivity contribution < 1.29 is 24.3 Å². The molecule has 0 spiro atoms. The summed E-state index contributed by atoms with van der Waals surface area (Å²) in [5, 5.41) is 10.5. The monoisotopic (exact) mass is 257 g/mol. The predicted molar refractivity (Wildman–Crippen MR) is 59.6 cm³/mol. The fourth-order valence-electron chi connectivity index (χ4n) is 1.55. The lowest BCUT2D eigenvalue weighted by molar-refractivity contribution is -0.137. The summed E-state index contributed by atoms with van der Waals surface area (Å²) in [5.41, 5.74) is 0. The van der Waals surface area contributed by atoms with Gasteiger partial charge in [-0.1, -0.05) is 0 Å². The van der Waals surface area contributed by atoms with Crippen molar-refractivity contribution in [2.75, 3.05) is 26.7 Å². The molecular formula is C10H15N3O5. The fourth-order valence-corrected chi connectivity index (χ4v) is 1.55. The van der Waals surface area contributed by atoms with Gasteiger partial charge in [-0.25, -0.2) is 4.79 Å². The summed E-state index contributed by atoms with van der Waals surface area (Å²) in [6, 6.07) is -0.369. The minimum atomic E-state index is -1.12. The highest BCUT2D eigenvalue weighted by atomic mass is 16.4. The summed E-state index contributed by atoms with van der Waals surface area (Å²) in [5.74, 6) is -1.81. The average Bonchev–Trinajstić information content (AvgIpc) is 2.53. The van der Waals surface area contributed by atoms with Crippen LogP contribution in [0.4, 0.5) is 4.79 Å². The topological polar surface area (TPSA) is 107 Å². The zero-order chi connectivity index (χ0) is 13.7. The first-order valence-corrected chi connectivity index (χ1v) is 5.45. The second kappa shape index (κ2) is 5.99. The van der Waals surface area contributed by atoms with Crippen LogP contribution in [0, 0.1) is 0 Å². The number of rotatable bonds is 6. The van der Waals surface area contributed by atoms with E-state index in [-0.39, 0.29) is 31.4 Å². The molecule has 18 heavy (non-hydrogen) atoms. The number of carboxylic acid groups (broad SMARTS) is 1. The maximum atomic E-state index is 11.5. The van der Waals surface area contributed by atoms with E-state index < -0.39 is 18.4 Å². The Balaban J connectivity index is 2.25. The second-order valence-electron chi connectivity index (χ2n) is 3.96. The third kappa shape index (κ3) is 3.72. The lowest BCUT2D eigenvalue weighted by Crippen LogP contribution is -2.34. The van der Waals surface area contributed by atoms with Gasteiger partial charge in [-0.3, -0.25) is 19.3 Å². The van der Waals surface area contributed by atoms with Gasteiger partial charge in [-0.2, -0.15) is 0 Å². The number of urea groups is 1. The average molecular weight is 257 g/mol. The standard InChI is InChI=1S/C10H15N3O5/c1-12-6-8(15)13(10(12)18)4-2-3-7(14)11-5-9(16)17/h2-6H2,1H3,(H,11,14)(H,16,17). The molecule has 0 aromatic carbocycles. The number of imide groups is 1. The highest BCUT2D eigenvalue weighted by Gasteiger charge is 2.32. The number of carbonyl (C=O) groups excluding carboxylic acids is 3. The van der Waals surface area contributed by atoms with Crippen molar-refractivity contribution in [1.29, 1.82) is 0 Å². The molecule has 1 aliphatic heterocycles. The first-order valence-electron chi connectivity index (χ1n) is 5.45. The molecule has 2 N–H and O–H groups in total. The summed E-state index contributed by atoms with van der Waals surface area (Å²) in [6.45, 7) is -0.199. The van der Waals surface area contributed by atoms with Crippen LogP contribution in [-0.2, 0) is 14.4 Å². The SMILES string of the molecule is CN1CC(=O)N(CCCC(=O)NCC(=O)O)C1=O. The first kappa shape index (κ1) is 13.9. The summed E-state index contributed by atoms with van der Waals surface area (Å²) >= 11 is 0. The van der Waals surface area contributed by atoms with E-state index in [0.29, 0.717) is 6.42 Å². The number of amides is 4. The van der Waals surface area contributed by atoms with Crippen molar-refractivity contribution in [3.8, 4) is 0 Å². The van der Waals surface area contributed by atoms with Crippen LogP contribution in [0.5, 0.6) is 0 Å². The molecule has 1 saturated heterocycles. The lowest BCUT2D eigenvalue weighted by Gasteiger charge is -2.13. The maximum Gasteiger partial charge on any atom is 0.326 e. The van der Waals surface area contributed by atoms with E-state index in [0.717, 1.165) is 4.90 Å². The number of nitrogens with zero attached hydrogens (tertiary/aromatic N) is 2. The van der Waals surface area contributed by atoms with Crippen LogP contribution >= 0.6 is 0 Å². The molecule has 1 rings (SSSR count). The van der Waals surface area contributed by atoms with Gasteiger partial charge in [-0.15, -0.1) is 0 Å². The molecule has 8 nitrogen and oxygen atoms in total. The predicted octanol–water partition coefficient (Wildman–Crippen LogP) is -1.14. The molecule has 4 amide bonds. The molecule has 0 bridgehead atoms. The van der Waals surface area contributed by atoms with Crippen molar-refractivity contribution >= 4 is 23.8 Å². The summed E-state index contributed by atoms with van der Waals surface area (Å²) in [6.07, 6.45) is 0.394. The van der Waals surface area contributed by atoms with E-state index in [4.69, 9.17) is 5.11 Å². The van der Waals surface area contributed by atoms with E-state index in [1.807, 2.05) is 0 Å². The number of nitrogens with one attached hydrogen (secondary N) is 1. The molecule has 1 fully saturated rings. The number of carboxylic acids is 1. The molecule has 0 atom stereocenters. The number of hydrogen-bond acceptors (Lipinski definition) is 4. The van der Waals surface area contributed by atoms with E-state index in [1.165, 1.54) is 11.9 Å². The van der Waals surface area contributed by atoms with Gasteiger partial charge in [0.05, 0.1) is 0 Å². The smallest absolute Gasteiger partial charge is 0.326 e. The van der Waals surface area contributed by atoms with Crippen molar-refractivity contribution in [2.45, 2.75) is 12.8 Å². The van der Waals surface area contributed by atoms with E-state index in [2.05, 4.69) is 5.32 Å². The Bertz CT molecular complexity index is 382. The Morgan fingerprint density at radius 1 is 1.39 bits per heavy atom. The van der Waals surface area contributed by atoms with Crippen molar-refractivity contribution in [3.63, 3.8) is 0 Å². The van der Waals surface area contributed by atoms with Gasteiger partial charge in [0.25, 0.3) is 0 Å². The molecule has 0 unspecified atom stereocenters. The summed E-state index contributed by atoms with van der Waals surface area (Å²) in [4.78, 5) is 46.6. The second-order valence-corrected chi connectivity index (χ2v) is 3.96. The normalized spacial score (nSPS) is 15.2. The van der Waals surface area contributed by atoms with Gasteiger partial charge in [0.2, 0.25) is 11.8 Å². The van der Waals surface area contributed by atoms with E-state index >= 15 is 0 Å². The Labute approximate surface area is 104 Å². The molecule has 100 valence electrons. The van der Waals surface area contributed by atoms with Gasteiger partial charge in [-0.05, 0) is 6.42 Å². The minimum absolute atomic E-state index is 0.0596. The number of hydrogen-bond donors (Lipinski definition) is 2. The number of likely N-dealkylation sites (N-methyl/N-ethyl adjacent to an activating group) is 1. The van der Waals surface area contributed by atoms with E-state index in [9.17, 15) is 19.2 Å². The molecule has 8 heteroatoms. The van der Waals surface area contributed by atoms with Crippen molar-refractivity contribution in [1.82, 2.24) is 15.1 Å². The molecule has 0 aliphatic carbocycles. The molecule has 1 heterocycles. The minimum Gasteiger partial charge on any atom is -0.480 e. The van der Waals surface area contributed by atoms with Crippen LogP contribution in [0.25, 0.3) is 0 Å². The first-order chi connectivity index (χ1) is 8.41. The molecular weight excluding hydrogens is 242 g/mol. The fraction of sp³-hybridized carbons (Fsp3) is 0.600. The highest BCUT2D eigenvalue weighted by molar-refractivity contribution is 6.01. The van der Waals surface area contributed by atoms with Crippen LogP contribution in [0.15, 0.2) is 0 Å². The molecule has 0 radical (unpaired) electrons.